The molecule has 1 aliphatic carbocycles. The highest BCUT2D eigenvalue weighted by Gasteiger charge is 2.36. The van der Waals surface area contributed by atoms with Gasteiger partial charge in [-0.1, -0.05) is 19.8 Å². The molecule has 0 spiro atoms. The van der Waals surface area contributed by atoms with E-state index in [1.54, 1.807) is 0 Å². The predicted octanol–water partition coefficient (Wildman–Crippen LogP) is 0.478. The first kappa shape index (κ1) is 14.8. The van der Waals surface area contributed by atoms with E-state index in [4.69, 9.17) is 0 Å². The first-order chi connectivity index (χ1) is 8.80. The lowest BCUT2D eigenvalue weighted by molar-refractivity contribution is -0.126. The summed E-state index contributed by atoms with van der Waals surface area (Å²) in [5, 5.41) is 13.1. The number of carbonyl (C=O) groups excluding carboxylic acids is 1. The Morgan fingerprint density at radius 3 is 2.74 bits per heavy atom. The standard InChI is InChI=1S/C13H23NO4S/c1-10-3-2-5-13(16,7-10)9-14-12(15)11-4-6-19(17,18)8-11/h10-11,16H,2-9H2,1H3,(H,14,15). The van der Waals surface area contributed by atoms with Crippen molar-refractivity contribution in [1.82, 2.24) is 5.32 Å². The van der Waals surface area contributed by atoms with Crippen LogP contribution in [0.3, 0.4) is 0 Å². The van der Waals surface area contributed by atoms with Crippen molar-refractivity contribution in [3.05, 3.63) is 0 Å². The van der Waals surface area contributed by atoms with Gasteiger partial charge in [0, 0.05) is 6.54 Å². The zero-order chi connectivity index (χ0) is 14.1. The molecule has 0 bridgehead atoms. The SMILES string of the molecule is CC1CCCC(O)(CNC(=O)C2CCS(=O)(=O)C2)C1. The molecule has 6 heteroatoms. The van der Waals surface area contributed by atoms with Crippen LogP contribution in [-0.2, 0) is 14.6 Å². The van der Waals surface area contributed by atoms with Gasteiger partial charge in [0.15, 0.2) is 9.84 Å². The minimum Gasteiger partial charge on any atom is -0.388 e. The van der Waals surface area contributed by atoms with Crippen LogP contribution in [0.1, 0.15) is 39.0 Å². The number of aliphatic hydroxyl groups is 1. The van der Waals surface area contributed by atoms with E-state index in [9.17, 15) is 18.3 Å². The van der Waals surface area contributed by atoms with Crippen molar-refractivity contribution in [2.75, 3.05) is 18.1 Å². The van der Waals surface area contributed by atoms with Crippen molar-refractivity contribution in [1.29, 1.82) is 0 Å². The Bertz CT molecular complexity index is 448. The smallest absolute Gasteiger partial charge is 0.224 e. The highest BCUT2D eigenvalue weighted by Crippen LogP contribution is 2.31. The molecular weight excluding hydrogens is 266 g/mol. The fourth-order valence-electron chi connectivity index (χ4n) is 3.19. The second-order valence-electron chi connectivity index (χ2n) is 6.24. The summed E-state index contributed by atoms with van der Waals surface area (Å²) in [4.78, 5) is 11.9. The number of rotatable bonds is 3. The number of carbonyl (C=O) groups is 1. The van der Waals surface area contributed by atoms with Gasteiger partial charge >= 0.3 is 0 Å². The van der Waals surface area contributed by atoms with Crippen LogP contribution in [0.4, 0.5) is 0 Å². The molecule has 0 aromatic rings. The first-order valence-corrected chi connectivity index (χ1v) is 8.82. The topological polar surface area (TPSA) is 83.5 Å². The van der Waals surface area contributed by atoms with E-state index in [0.29, 0.717) is 25.2 Å². The molecule has 19 heavy (non-hydrogen) atoms. The maximum atomic E-state index is 11.9. The maximum absolute atomic E-state index is 11.9. The molecular formula is C13H23NO4S. The average Bonchev–Trinajstić information content (AvgIpc) is 2.66. The van der Waals surface area contributed by atoms with Crippen molar-refractivity contribution in [3.8, 4) is 0 Å². The summed E-state index contributed by atoms with van der Waals surface area (Å²) < 4.78 is 22.7. The zero-order valence-electron chi connectivity index (χ0n) is 11.4. The lowest BCUT2D eigenvalue weighted by Crippen LogP contribution is -2.47. The number of hydrogen-bond donors (Lipinski definition) is 2. The fourth-order valence-corrected chi connectivity index (χ4v) is 4.93. The van der Waals surface area contributed by atoms with Crippen molar-refractivity contribution >= 4 is 15.7 Å². The van der Waals surface area contributed by atoms with E-state index in [0.717, 1.165) is 12.8 Å². The Balaban J connectivity index is 1.83. The Labute approximate surface area is 114 Å². The van der Waals surface area contributed by atoms with Gasteiger partial charge < -0.3 is 10.4 Å². The van der Waals surface area contributed by atoms with Crippen LogP contribution in [-0.4, -0.2) is 43.1 Å². The summed E-state index contributed by atoms with van der Waals surface area (Å²) in [5.41, 5.74) is -0.815. The third kappa shape index (κ3) is 3.92. The van der Waals surface area contributed by atoms with Gasteiger partial charge in [-0.3, -0.25) is 4.79 Å². The molecule has 0 radical (unpaired) electrons. The van der Waals surface area contributed by atoms with Gasteiger partial charge in [-0.2, -0.15) is 0 Å². The van der Waals surface area contributed by atoms with E-state index in [1.807, 2.05) is 0 Å². The number of sulfone groups is 1. The third-order valence-corrected chi connectivity index (χ3v) is 6.03. The molecule has 2 fully saturated rings. The second-order valence-corrected chi connectivity index (χ2v) is 8.47. The lowest BCUT2D eigenvalue weighted by atomic mass is 9.79. The quantitative estimate of drug-likeness (QED) is 0.791. The van der Waals surface area contributed by atoms with E-state index in [2.05, 4.69) is 12.2 Å². The van der Waals surface area contributed by atoms with E-state index in [-0.39, 0.29) is 24.0 Å². The van der Waals surface area contributed by atoms with Crippen molar-refractivity contribution in [3.63, 3.8) is 0 Å². The van der Waals surface area contributed by atoms with Crippen LogP contribution in [0, 0.1) is 11.8 Å². The van der Waals surface area contributed by atoms with Crippen molar-refractivity contribution < 1.29 is 18.3 Å². The molecule has 2 aliphatic rings. The summed E-state index contributed by atoms with van der Waals surface area (Å²) in [7, 11) is -3.03. The highest BCUT2D eigenvalue weighted by molar-refractivity contribution is 7.91. The molecule has 0 aromatic heterocycles. The minimum atomic E-state index is -3.03. The molecule has 1 amide bonds. The molecule has 3 unspecified atom stereocenters. The number of hydrogen-bond acceptors (Lipinski definition) is 4. The summed E-state index contributed by atoms with van der Waals surface area (Å²) in [5.74, 6) is -0.134. The average molecular weight is 289 g/mol. The molecule has 2 rings (SSSR count). The summed E-state index contributed by atoms with van der Waals surface area (Å²) >= 11 is 0. The molecule has 1 heterocycles. The van der Waals surface area contributed by atoms with Crippen LogP contribution in [0.15, 0.2) is 0 Å². The molecule has 5 nitrogen and oxygen atoms in total. The van der Waals surface area contributed by atoms with Crippen LogP contribution >= 0.6 is 0 Å². The summed E-state index contributed by atoms with van der Waals surface area (Å²) in [6.45, 7) is 2.35. The molecule has 2 N–H and O–H groups in total. The van der Waals surface area contributed by atoms with Gasteiger partial charge in [0.25, 0.3) is 0 Å². The van der Waals surface area contributed by atoms with Crippen molar-refractivity contribution in [2.45, 2.75) is 44.6 Å². The van der Waals surface area contributed by atoms with E-state index in [1.165, 1.54) is 0 Å². The molecule has 1 saturated carbocycles. The Hall–Kier alpha value is -0.620. The van der Waals surface area contributed by atoms with Crippen LogP contribution < -0.4 is 5.32 Å². The summed E-state index contributed by atoms with van der Waals surface area (Å²) in [6, 6.07) is 0. The predicted molar refractivity (Wildman–Crippen MR) is 72.4 cm³/mol. The molecule has 0 aromatic carbocycles. The van der Waals surface area contributed by atoms with Crippen LogP contribution in [0.25, 0.3) is 0 Å². The largest absolute Gasteiger partial charge is 0.388 e. The molecule has 110 valence electrons. The van der Waals surface area contributed by atoms with Gasteiger partial charge in [0.1, 0.15) is 0 Å². The number of nitrogens with one attached hydrogen (secondary N) is 1. The normalized spacial score (nSPS) is 38.0. The second kappa shape index (κ2) is 5.40. The molecule has 1 saturated heterocycles. The van der Waals surface area contributed by atoms with E-state index < -0.39 is 21.4 Å². The summed E-state index contributed by atoms with van der Waals surface area (Å²) in [6.07, 6.45) is 3.92. The van der Waals surface area contributed by atoms with Gasteiger partial charge in [0.05, 0.1) is 23.0 Å². The monoisotopic (exact) mass is 289 g/mol. The highest BCUT2D eigenvalue weighted by atomic mass is 32.2. The molecule has 3 atom stereocenters. The van der Waals surface area contributed by atoms with Gasteiger partial charge in [0.2, 0.25) is 5.91 Å². The lowest BCUT2D eigenvalue weighted by Gasteiger charge is -2.35. The van der Waals surface area contributed by atoms with Crippen molar-refractivity contribution in [2.24, 2.45) is 11.8 Å². The Kier molecular flexibility index (Phi) is 4.20. The van der Waals surface area contributed by atoms with Crippen LogP contribution in [0.5, 0.6) is 0 Å². The fraction of sp³-hybridized carbons (Fsp3) is 0.923. The van der Waals surface area contributed by atoms with Crippen LogP contribution in [0.2, 0.25) is 0 Å². The number of amides is 1. The Morgan fingerprint density at radius 1 is 1.42 bits per heavy atom. The van der Waals surface area contributed by atoms with Gasteiger partial charge in [-0.15, -0.1) is 0 Å². The first-order valence-electron chi connectivity index (χ1n) is 7.00. The zero-order valence-corrected chi connectivity index (χ0v) is 12.2. The molecule has 1 aliphatic heterocycles. The van der Waals surface area contributed by atoms with Gasteiger partial charge in [-0.05, 0) is 25.2 Å². The van der Waals surface area contributed by atoms with E-state index >= 15 is 0 Å². The minimum absolute atomic E-state index is 0.0480. The third-order valence-electron chi connectivity index (χ3n) is 4.26. The van der Waals surface area contributed by atoms with Gasteiger partial charge in [-0.25, -0.2) is 8.42 Å². The maximum Gasteiger partial charge on any atom is 0.224 e. The Morgan fingerprint density at radius 2 is 2.16 bits per heavy atom.